The molecule has 100 valence electrons. The van der Waals surface area contributed by atoms with Gasteiger partial charge in [-0.2, -0.15) is 5.10 Å². The van der Waals surface area contributed by atoms with Gasteiger partial charge >= 0.3 is 0 Å². The van der Waals surface area contributed by atoms with E-state index >= 15 is 0 Å². The molecule has 8 heteroatoms. The molecular weight excluding hydrogens is 270 g/mol. The van der Waals surface area contributed by atoms with Crippen molar-refractivity contribution in [2.24, 2.45) is 0 Å². The van der Waals surface area contributed by atoms with Gasteiger partial charge in [-0.15, -0.1) is 0 Å². The number of hydrogen-bond donors (Lipinski definition) is 1. The second-order valence-electron chi connectivity index (χ2n) is 3.86. The van der Waals surface area contributed by atoms with Crippen LogP contribution in [0.2, 0.25) is 5.02 Å². The van der Waals surface area contributed by atoms with Gasteiger partial charge in [0.05, 0.1) is 28.6 Å². The molecule has 1 aromatic heterocycles. The molecule has 0 amide bonds. The minimum atomic E-state index is -0.449. The molecule has 0 aliphatic heterocycles. The lowest BCUT2D eigenvalue weighted by molar-refractivity contribution is -0.385. The second-order valence-corrected chi connectivity index (χ2v) is 4.27. The lowest BCUT2D eigenvalue weighted by Gasteiger charge is -2.08. The molecule has 0 bridgehead atoms. The summed E-state index contributed by atoms with van der Waals surface area (Å²) in [6.07, 6.45) is 1.41. The predicted molar refractivity (Wildman–Crippen MR) is 70.0 cm³/mol. The van der Waals surface area contributed by atoms with E-state index in [4.69, 9.17) is 11.6 Å². The summed E-state index contributed by atoms with van der Waals surface area (Å²) in [6, 6.07) is 4.61. The summed E-state index contributed by atoms with van der Waals surface area (Å²) in [6.45, 7) is 0.741. The molecule has 19 heavy (non-hydrogen) atoms. The largest absolute Gasteiger partial charge is 0.313 e. The van der Waals surface area contributed by atoms with E-state index in [0.29, 0.717) is 23.0 Å². The number of rotatable bonds is 5. The van der Waals surface area contributed by atoms with Crippen molar-refractivity contribution in [2.45, 2.75) is 13.1 Å². The van der Waals surface area contributed by atoms with Gasteiger partial charge in [-0.3, -0.25) is 10.1 Å². The second kappa shape index (κ2) is 5.77. The summed E-state index contributed by atoms with van der Waals surface area (Å²) in [7, 11) is 1.79. The van der Waals surface area contributed by atoms with Crippen LogP contribution in [0.15, 0.2) is 24.5 Å². The van der Waals surface area contributed by atoms with Crippen LogP contribution in [0.3, 0.4) is 0 Å². The summed E-state index contributed by atoms with van der Waals surface area (Å²) in [5, 5.41) is 18.4. The standard InChI is InChI=1S/C11H12ClN5O2/c1-13-5-11-14-7-15-16(11)6-8-9(12)3-2-4-10(8)17(18)19/h2-4,7,13H,5-6H2,1H3. The minimum absolute atomic E-state index is 0.0154. The molecule has 0 spiro atoms. The van der Waals surface area contributed by atoms with Crippen LogP contribution in [0.1, 0.15) is 11.4 Å². The van der Waals surface area contributed by atoms with Crippen molar-refractivity contribution in [3.8, 4) is 0 Å². The van der Waals surface area contributed by atoms with Gasteiger partial charge in [-0.25, -0.2) is 9.67 Å². The molecule has 0 fully saturated rings. The van der Waals surface area contributed by atoms with Gasteiger partial charge in [0, 0.05) is 6.07 Å². The van der Waals surface area contributed by atoms with Crippen LogP contribution in [0, 0.1) is 10.1 Å². The molecule has 0 saturated heterocycles. The van der Waals surface area contributed by atoms with E-state index in [2.05, 4.69) is 15.4 Å². The normalized spacial score (nSPS) is 10.6. The number of nitrogens with one attached hydrogen (secondary N) is 1. The number of halogens is 1. The summed E-state index contributed by atoms with van der Waals surface area (Å²) in [5.74, 6) is 0.691. The topological polar surface area (TPSA) is 85.9 Å². The Morgan fingerprint density at radius 1 is 1.53 bits per heavy atom. The summed E-state index contributed by atoms with van der Waals surface area (Å²) in [4.78, 5) is 14.6. The number of nitro groups is 1. The molecule has 7 nitrogen and oxygen atoms in total. The van der Waals surface area contributed by atoms with Crippen LogP contribution in [0.5, 0.6) is 0 Å². The van der Waals surface area contributed by atoms with Gasteiger partial charge < -0.3 is 5.32 Å². The van der Waals surface area contributed by atoms with Gasteiger partial charge in [0.1, 0.15) is 12.2 Å². The fourth-order valence-corrected chi connectivity index (χ4v) is 1.97. The molecule has 0 atom stereocenters. The van der Waals surface area contributed by atoms with E-state index in [1.165, 1.54) is 12.4 Å². The Bertz CT molecular complexity index is 599. The van der Waals surface area contributed by atoms with Crippen molar-refractivity contribution in [2.75, 3.05) is 7.05 Å². The van der Waals surface area contributed by atoms with E-state index in [1.54, 1.807) is 23.9 Å². The quantitative estimate of drug-likeness (QED) is 0.665. The third kappa shape index (κ3) is 2.88. The zero-order valence-electron chi connectivity index (χ0n) is 10.2. The van der Waals surface area contributed by atoms with Crippen molar-refractivity contribution < 1.29 is 4.92 Å². The van der Waals surface area contributed by atoms with E-state index in [9.17, 15) is 10.1 Å². The number of nitrogens with zero attached hydrogens (tertiary/aromatic N) is 4. The number of nitro benzene ring substituents is 1. The van der Waals surface area contributed by atoms with E-state index in [0.717, 1.165) is 0 Å². The van der Waals surface area contributed by atoms with Crippen molar-refractivity contribution in [1.82, 2.24) is 20.1 Å². The molecule has 0 aliphatic rings. The Morgan fingerprint density at radius 3 is 3.00 bits per heavy atom. The SMILES string of the molecule is CNCc1ncnn1Cc1c(Cl)cccc1[N+](=O)[O-]. The average molecular weight is 282 g/mol. The van der Waals surface area contributed by atoms with Crippen molar-refractivity contribution >= 4 is 17.3 Å². The highest BCUT2D eigenvalue weighted by Gasteiger charge is 2.18. The Morgan fingerprint density at radius 2 is 2.32 bits per heavy atom. The molecule has 0 unspecified atom stereocenters. The maximum Gasteiger partial charge on any atom is 0.275 e. The maximum atomic E-state index is 11.0. The van der Waals surface area contributed by atoms with Crippen LogP contribution in [0.4, 0.5) is 5.69 Å². The van der Waals surface area contributed by atoms with Crippen LogP contribution in [-0.4, -0.2) is 26.7 Å². The molecule has 1 aromatic carbocycles. The zero-order valence-corrected chi connectivity index (χ0v) is 11.0. The van der Waals surface area contributed by atoms with E-state index < -0.39 is 4.92 Å². The first-order chi connectivity index (χ1) is 9.13. The van der Waals surface area contributed by atoms with Gasteiger partial charge in [0.15, 0.2) is 0 Å². The predicted octanol–water partition coefficient (Wildman–Crippen LogP) is 1.61. The summed E-state index contributed by atoms with van der Waals surface area (Å²) >= 11 is 6.04. The van der Waals surface area contributed by atoms with Crippen molar-refractivity contribution in [1.29, 1.82) is 0 Å². The van der Waals surface area contributed by atoms with E-state index in [-0.39, 0.29) is 12.2 Å². The van der Waals surface area contributed by atoms with Crippen LogP contribution < -0.4 is 5.32 Å². The Hall–Kier alpha value is -1.99. The molecule has 1 heterocycles. The summed E-state index contributed by atoms with van der Waals surface area (Å²) < 4.78 is 1.59. The smallest absolute Gasteiger partial charge is 0.275 e. The zero-order chi connectivity index (χ0) is 13.8. The Labute approximate surface area is 114 Å². The number of aromatic nitrogens is 3. The maximum absolute atomic E-state index is 11.0. The monoisotopic (exact) mass is 281 g/mol. The molecular formula is C11H12ClN5O2. The third-order valence-corrected chi connectivity index (χ3v) is 2.98. The van der Waals surface area contributed by atoms with Crippen molar-refractivity contribution in [3.05, 3.63) is 51.1 Å². The number of benzene rings is 1. The first-order valence-corrected chi connectivity index (χ1v) is 5.94. The Kier molecular flexibility index (Phi) is 4.08. The Balaban J connectivity index is 2.37. The van der Waals surface area contributed by atoms with Gasteiger partial charge in [0.25, 0.3) is 5.69 Å². The highest BCUT2D eigenvalue weighted by Crippen LogP contribution is 2.27. The lowest BCUT2D eigenvalue weighted by atomic mass is 10.2. The van der Waals surface area contributed by atoms with Crippen LogP contribution in [0.25, 0.3) is 0 Å². The lowest BCUT2D eigenvalue weighted by Crippen LogP contribution is -2.14. The minimum Gasteiger partial charge on any atom is -0.313 e. The van der Waals surface area contributed by atoms with E-state index in [1.807, 2.05) is 0 Å². The van der Waals surface area contributed by atoms with Gasteiger partial charge in [0.2, 0.25) is 0 Å². The number of hydrogen-bond acceptors (Lipinski definition) is 5. The third-order valence-electron chi connectivity index (χ3n) is 2.63. The van der Waals surface area contributed by atoms with Crippen LogP contribution >= 0.6 is 11.6 Å². The average Bonchev–Trinajstić information content (AvgIpc) is 2.79. The van der Waals surface area contributed by atoms with Gasteiger partial charge in [-0.05, 0) is 13.1 Å². The first-order valence-electron chi connectivity index (χ1n) is 5.56. The molecule has 2 aromatic rings. The molecule has 1 N–H and O–H groups in total. The first kappa shape index (κ1) is 13.4. The molecule has 2 rings (SSSR count). The van der Waals surface area contributed by atoms with Gasteiger partial charge in [-0.1, -0.05) is 17.7 Å². The molecule has 0 saturated carbocycles. The molecule has 0 aliphatic carbocycles. The van der Waals surface area contributed by atoms with Crippen LogP contribution in [-0.2, 0) is 13.1 Å². The highest BCUT2D eigenvalue weighted by molar-refractivity contribution is 6.31. The fraction of sp³-hybridized carbons (Fsp3) is 0.273. The summed E-state index contributed by atoms with van der Waals surface area (Å²) in [5.41, 5.74) is 0.412. The van der Waals surface area contributed by atoms with Crippen molar-refractivity contribution in [3.63, 3.8) is 0 Å². The highest BCUT2D eigenvalue weighted by atomic mass is 35.5. The molecule has 0 radical (unpaired) electrons. The fourth-order valence-electron chi connectivity index (χ4n) is 1.74.